The van der Waals surface area contributed by atoms with Gasteiger partial charge in [0.15, 0.2) is 0 Å². The van der Waals surface area contributed by atoms with Crippen LogP contribution in [0.25, 0.3) is 0 Å². The van der Waals surface area contributed by atoms with Gasteiger partial charge in [-0.2, -0.15) is 13.2 Å². The minimum absolute atomic E-state index is 0.115. The first-order chi connectivity index (χ1) is 8.32. The van der Waals surface area contributed by atoms with Gasteiger partial charge >= 0.3 is 6.18 Å². The molecule has 1 rings (SSSR count). The predicted octanol–water partition coefficient (Wildman–Crippen LogP) is 1.96. The van der Waals surface area contributed by atoms with Crippen molar-refractivity contribution in [3.05, 3.63) is 29.6 Å². The highest BCUT2D eigenvalue weighted by molar-refractivity contribution is 5.09. The van der Waals surface area contributed by atoms with E-state index in [9.17, 15) is 13.2 Å². The summed E-state index contributed by atoms with van der Waals surface area (Å²) in [5, 5.41) is 0. The first-order valence-corrected chi connectivity index (χ1v) is 5.70. The molecule has 3 nitrogen and oxygen atoms in total. The van der Waals surface area contributed by atoms with Gasteiger partial charge in [-0.3, -0.25) is 9.88 Å². The predicted molar refractivity (Wildman–Crippen MR) is 63.9 cm³/mol. The van der Waals surface area contributed by atoms with Crippen LogP contribution in [0, 0.1) is 12.8 Å². The Morgan fingerprint density at radius 1 is 1.39 bits per heavy atom. The van der Waals surface area contributed by atoms with Gasteiger partial charge in [-0.25, -0.2) is 0 Å². The number of aryl methyl sites for hydroxylation is 1. The molecule has 1 unspecified atom stereocenters. The van der Waals surface area contributed by atoms with Gasteiger partial charge in [0, 0.05) is 25.3 Å². The standard InChI is InChI=1S/C12H18F3N3/c1-9-4-3-5-11(17-9)8-18(2)7-10(6-16)12(13,14)15/h3-5,10H,6-8,16H2,1-2H3. The summed E-state index contributed by atoms with van der Waals surface area (Å²) in [5.74, 6) is -1.49. The zero-order valence-corrected chi connectivity index (χ0v) is 10.5. The van der Waals surface area contributed by atoms with Crippen molar-refractivity contribution in [3.63, 3.8) is 0 Å². The minimum Gasteiger partial charge on any atom is -0.330 e. The van der Waals surface area contributed by atoms with Gasteiger partial charge in [0.2, 0.25) is 0 Å². The third-order valence-electron chi connectivity index (χ3n) is 2.66. The molecule has 1 atom stereocenters. The molecule has 0 aliphatic rings. The summed E-state index contributed by atoms with van der Waals surface area (Å²) in [6.07, 6.45) is -4.25. The second-order valence-electron chi connectivity index (χ2n) is 4.44. The van der Waals surface area contributed by atoms with Gasteiger partial charge < -0.3 is 5.73 Å². The molecule has 0 fully saturated rings. The molecule has 102 valence electrons. The lowest BCUT2D eigenvalue weighted by Crippen LogP contribution is -2.39. The molecule has 18 heavy (non-hydrogen) atoms. The van der Waals surface area contributed by atoms with Crippen LogP contribution in [0.5, 0.6) is 0 Å². The summed E-state index contributed by atoms with van der Waals surface area (Å²) in [6, 6.07) is 5.49. The van der Waals surface area contributed by atoms with Gasteiger partial charge in [0.05, 0.1) is 11.6 Å². The molecule has 0 aromatic carbocycles. The molecule has 6 heteroatoms. The molecule has 2 N–H and O–H groups in total. The maximum absolute atomic E-state index is 12.6. The van der Waals surface area contributed by atoms with E-state index in [4.69, 9.17) is 5.73 Å². The van der Waals surface area contributed by atoms with E-state index in [2.05, 4.69) is 4.98 Å². The fraction of sp³-hybridized carbons (Fsp3) is 0.583. The molecular weight excluding hydrogens is 243 g/mol. The molecule has 0 spiro atoms. The van der Waals surface area contributed by atoms with Crippen molar-refractivity contribution < 1.29 is 13.2 Å². The lowest BCUT2D eigenvalue weighted by Gasteiger charge is -2.24. The summed E-state index contributed by atoms with van der Waals surface area (Å²) in [5.41, 5.74) is 6.78. The summed E-state index contributed by atoms with van der Waals surface area (Å²) < 4.78 is 37.7. The Kier molecular flexibility index (Phi) is 5.10. The van der Waals surface area contributed by atoms with Crippen molar-refractivity contribution in [1.29, 1.82) is 0 Å². The van der Waals surface area contributed by atoms with Crippen molar-refractivity contribution in [2.75, 3.05) is 20.1 Å². The van der Waals surface area contributed by atoms with Gasteiger partial charge in [0.1, 0.15) is 0 Å². The molecular formula is C12H18F3N3. The lowest BCUT2D eigenvalue weighted by molar-refractivity contribution is -0.175. The number of hydrogen-bond acceptors (Lipinski definition) is 3. The third-order valence-corrected chi connectivity index (χ3v) is 2.66. The SMILES string of the molecule is Cc1cccc(CN(C)CC(CN)C(F)(F)F)n1. The monoisotopic (exact) mass is 261 g/mol. The number of nitrogens with zero attached hydrogens (tertiary/aromatic N) is 2. The molecule has 0 aliphatic heterocycles. The maximum Gasteiger partial charge on any atom is 0.394 e. The number of rotatable bonds is 5. The zero-order chi connectivity index (χ0) is 13.8. The molecule has 0 bridgehead atoms. The molecule has 1 heterocycles. The Morgan fingerprint density at radius 2 is 2.06 bits per heavy atom. The van der Waals surface area contributed by atoms with Crippen molar-refractivity contribution >= 4 is 0 Å². The summed E-state index contributed by atoms with van der Waals surface area (Å²) in [4.78, 5) is 5.84. The number of nitrogens with two attached hydrogens (primary N) is 1. The Balaban J connectivity index is 2.58. The first kappa shape index (κ1) is 14.9. The number of pyridine rings is 1. The Bertz CT molecular complexity index is 379. The molecule has 0 radical (unpaired) electrons. The molecule has 0 saturated heterocycles. The van der Waals surface area contributed by atoms with Crippen LogP contribution in [0.2, 0.25) is 0 Å². The first-order valence-electron chi connectivity index (χ1n) is 5.70. The van der Waals surface area contributed by atoms with Crippen LogP contribution < -0.4 is 5.73 Å². The van der Waals surface area contributed by atoms with Crippen LogP contribution in [0.3, 0.4) is 0 Å². The number of aromatic nitrogens is 1. The minimum atomic E-state index is -4.25. The highest BCUT2D eigenvalue weighted by Crippen LogP contribution is 2.26. The molecule has 0 saturated carbocycles. The van der Waals surface area contributed by atoms with Gasteiger partial charge in [-0.15, -0.1) is 0 Å². The third kappa shape index (κ3) is 4.62. The van der Waals surface area contributed by atoms with E-state index in [-0.39, 0.29) is 6.54 Å². The summed E-state index contributed by atoms with van der Waals surface area (Å²) >= 11 is 0. The largest absolute Gasteiger partial charge is 0.394 e. The Labute approximate surface area is 105 Å². The highest BCUT2D eigenvalue weighted by atomic mass is 19.4. The van der Waals surface area contributed by atoms with Crippen LogP contribution in [-0.2, 0) is 6.54 Å². The van der Waals surface area contributed by atoms with Crippen molar-refractivity contribution in [1.82, 2.24) is 9.88 Å². The van der Waals surface area contributed by atoms with Crippen LogP contribution in [-0.4, -0.2) is 36.2 Å². The fourth-order valence-corrected chi connectivity index (χ4v) is 1.72. The van der Waals surface area contributed by atoms with E-state index in [1.807, 2.05) is 19.1 Å². The number of hydrogen-bond donors (Lipinski definition) is 1. The Morgan fingerprint density at radius 3 is 2.56 bits per heavy atom. The van der Waals surface area contributed by atoms with Crippen molar-refractivity contribution in [3.8, 4) is 0 Å². The second-order valence-corrected chi connectivity index (χ2v) is 4.44. The van der Waals surface area contributed by atoms with E-state index in [0.717, 1.165) is 11.4 Å². The normalized spacial score (nSPS) is 13.9. The fourth-order valence-electron chi connectivity index (χ4n) is 1.72. The summed E-state index contributed by atoms with van der Waals surface area (Å²) in [6.45, 7) is 1.72. The van der Waals surface area contributed by atoms with Crippen LogP contribution >= 0.6 is 0 Å². The van der Waals surface area contributed by atoms with Gasteiger partial charge in [-0.05, 0) is 26.1 Å². The quantitative estimate of drug-likeness (QED) is 0.881. The van der Waals surface area contributed by atoms with E-state index < -0.39 is 18.6 Å². The zero-order valence-electron chi connectivity index (χ0n) is 10.5. The average Bonchev–Trinajstić information content (AvgIpc) is 2.24. The van der Waals surface area contributed by atoms with E-state index >= 15 is 0 Å². The number of halogens is 3. The average molecular weight is 261 g/mol. The van der Waals surface area contributed by atoms with Crippen LogP contribution in [0.4, 0.5) is 13.2 Å². The number of alkyl halides is 3. The second kappa shape index (κ2) is 6.15. The van der Waals surface area contributed by atoms with E-state index in [1.165, 1.54) is 0 Å². The highest BCUT2D eigenvalue weighted by Gasteiger charge is 2.38. The van der Waals surface area contributed by atoms with E-state index in [0.29, 0.717) is 6.54 Å². The Hall–Kier alpha value is -1.14. The summed E-state index contributed by atoms with van der Waals surface area (Å²) in [7, 11) is 1.64. The topological polar surface area (TPSA) is 42.1 Å². The lowest BCUT2D eigenvalue weighted by atomic mass is 10.1. The van der Waals surface area contributed by atoms with Crippen molar-refractivity contribution in [2.45, 2.75) is 19.6 Å². The maximum atomic E-state index is 12.6. The molecule has 1 aromatic heterocycles. The van der Waals surface area contributed by atoms with Crippen LogP contribution in [0.1, 0.15) is 11.4 Å². The van der Waals surface area contributed by atoms with E-state index in [1.54, 1.807) is 18.0 Å². The van der Waals surface area contributed by atoms with Crippen LogP contribution in [0.15, 0.2) is 18.2 Å². The van der Waals surface area contributed by atoms with Gasteiger partial charge in [-0.1, -0.05) is 6.07 Å². The molecule has 1 aromatic rings. The smallest absolute Gasteiger partial charge is 0.330 e. The molecule has 0 aliphatic carbocycles. The van der Waals surface area contributed by atoms with Crippen molar-refractivity contribution in [2.24, 2.45) is 11.7 Å². The molecule has 0 amide bonds. The van der Waals surface area contributed by atoms with Gasteiger partial charge in [0.25, 0.3) is 0 Å².